The van der Waals surface area contributed by atoms with Gasteiger partial charge in [-0.3, -0.25) is 9.59 Å². The second kappa shape index (κ2) is 7.79. The van der Waals surface area contributed by atoms with Gasteiger partial charge in [0.2, 0.25) is 5.91 Å². The number of carbonyl (C=O) groups is 1. The zero-order valence-corrected chi connectivity index (χ0v) is 16.7. The van der Waals surface area contributed by atoms with Crippen molar-refractivity contribution in [2.45, 2.75) is 18.7 Å². The van der Waals surface area contributed by atoms with Crippen LogP contribution in [0.25, 0.3) is 10.8 Å². The summed E-state index contributed by atoms with van der Waals surface area (Å²) in [6, 6.07) is 6.83. The normalized spacial score (nSPS) is 16.9. The lowest BCUT2D eigenvalue weighted by Crippen LogP contribution is -2.42. The molecule has 2 atom stereocenters. The fourth-order valence-electron chi connectivity index (χ4n) is 3.73. The number of pyridine rings is 1. The molecule has 9 heteroatoms. The molecular formula is C21H18ClF2N3O3. The van der Waals surface area contributed by atoms with Crippen molar-refractivity contribution in [1.29, 1.82) is 0 Å². The van der Waals surface area contributed by atoms with Gasteiger partial charge in [-0.15, -0.1) is 0 Å². The van der Waals surface area contributed by atoms with Crippen LogP contribution in [0.15, 0.2) is 41.2 Å². The molecule has 0 saturated carbocycles. The highest BCUT2D eigenvalue weighted by Crippen LogP contribution is 2.34. The number of rotatable bonds is 3. The predicted octanol–water partition coefficient (Wildman–Crippen LogP) is 3.19. The van der Waals surface area contributed by atoms with Crippen LogP contribution in [0.2, 0.25) is 5.02 Å². The van der Waals surface area contributed by atoms with Gasteiger partial charge in [0, 0.05) is 23.3 Å². The van der Waals surface area contributed by atoms with Crippen LogP contribution in [0, 0.1) is 11.6 Å². The molecule has 3 N–H and O–H groups in total. The number of amides is 1. The molecule has 0 unspecified atom stereocenters. The number of nitrogens with one attached hydrogen (secondary N) is 1. The second-order valence-corrected chi connectivity index (χ2v) is 7.60. The highest BCUT2D eigenvalue weighted by molar-refractivity contribution is 6.30. The van der Waals surface area contributed by atoms with E-state index in [0.717, 1.165) is 12.1 Å². The fraction of sp³-hybridized carbons (Fsp3) is 0.238. The zero-order chi connectivity index (χ0) is 21.6. The summed E-state index contributed by atoms with van der Waals surface area (Å²) in [5.41, 5.74) is 7.09. The van der Waals surface area contributed by atoms with E-state index >= 15 is 0 Å². The molecule has 0 aliphatic carbocycles. The Kier molecular flexibility index (Phi) is 5.31. The Balaban J connectivity index is 1.77. The summed E-state index contributed by atoms with van der Waals surface area (Å²) in [6.45, 7) is 0.198. The molecule has 156 valence electrons. The van der Waals surface area contributed by atoms with Crippen LogP contribution in [0.4, 0.5) is 8.78 Å². The van der Waals surface area contributed by atoms with Crippen molar-refractivity contribution in [3.05, 3.63) is 80.2 Å². The van der Waals surface area contributed by atoms with Crippen molar-refractivity contribution >= 4 is 28.3 Å². The number of hydrogen-bond donors (Lipinski definition) is 2. The van der Waals surface area contributed by atoms with Gasteiger partial charge in [-0.1, -0.05) is 23.7 Å². The molecule has 0 fully saturated rings. The monoisotopic (exact) mass is 433 g/mol. The third kappa shape index (κ3) is 3.47. The molecule has 4 rings (SSSR count). The van der Waals surface area contributed by atoms with Crippen molar-refractivity contribution in [1.82, 2.24) is 9.88 Å². The SMILES string of the molecule is CN(C(=O)[C@@H](N)c1ccc(Cl)cc1)[C@@H]1COCc2[nH]c(=O)c3cc(F)c(F)cc3c21. The largest absolute Gasteiger partial charge is 0.373 e. The average molecular weight is 434 g/mol. The standard InChI is InChI=1S/C21H18ClF2N3O3/c1-27(21(29)19(25)10-2-4-11(22)5-3-10)17-9-30-8-16-18(17)12-6-14(23)15(24)7-13(12)20(28)26-16/h2-7,17,19H,8-9,25H2,1H3,(H,26,28)/t17-,19+/m1/s1. The van der Waals surface area contributed by atoms with Gasteiger partial charge in [-0.25, -0.2) is 8.78 Å². The van der Waals surface area contributed by atoms with Gasteiger partial charge in [-0.2, -0.15) is 0 Å². The van der Waals surface area contributed by atoms with E-state index in [1.54, 1.807) is 31.3 Å². The van der Waals surface area contributed by atoms with E-state index in [1.165, 1.54) is 4.90 Å². The van der Waals surface area contributed by atoms with Crippen molar-refractivity contribution in [2.75, 3.05) is 13.7 Å². The number of fused-ring (bicyclic) bond motifs is 3. The minimum absolute atomic E-state index is 0.00222. The number of carbonyl (C=O) groups excluding carboxylic acids is 1. The van der Waals surface area contributed by atoms with Crippen molar-refractivity contribution in [3.8, 4) is 0 Å². The van der Waals surface area contributed by atoms with Crippen LogP contribution in [0.3, 0.4) is 0 Å². The summed E-state index contributed by atoms with van der Waals surface area (Å²) >= 11 is 5.89. The van der Waals surface area contributed by atoms with Gasteiger partial charge >= 0.3 is 0 Å². The van der Waals surface area contributed by atoms with E-state index in [4.69, 9.17) is 22.1 Å². The minimum Gasteiger partial charge on any atom is -0.373 e. The Morgan fingerprint density at radius 1 is 1.23 bits per heavy atom. The van der Waals surface area contributed by atoms with Gasteiger partial charge in [-0.05, 0) is 35.2 Å². The summed E-state index contributed by atoms with van der Waals surface area (Å²) in [5.74, 6) is -2.60. The molecule has 1 aromatic heterocycles. The third-order valence-electron chi connectivity index (χ3n) is 5.35. The molecule has 6 nitrogen and oxygen atoms in total. The first-order valence-corrected chi connectivity index (χ1v) is 9.55. The van der Waals surface area contributed by atoms with E-state index < -0.39 is 35.2 Å². The smallest absolute Gasteiger partial charge is 0.256 e. The molecule has 2 aromatic carbocycles. The molecule has 3 aromatic rings. The predicted molar refractivity (Wildman–Crippen MR) is 108 cm³/mol. The Bertz CT molecular complexity index is 1200. The van der Waals surface area contributed by atoms with Gasteiger partial charge in [0.05, 0.1) is 24.6 Å². The van der Waals surface area contributed by atoms with Crippen LogP contribution in [-0.2, 0) is 16.1 Å². The van der Waals surface area contributed by atoms with Gasteiger partial charge in [0.15, 0.2) is 11.6 Å². The number of halogens is 3. The van der Waals surface area contributed by atoms with E-state index in [-0.39, 0.29) is 24.0 Å². The van der Waals surface area contributed by atoms with Crippen LogP contribution < -0.4 is 11.3 Å². The number of aromatic amines is 1. The molecule has 1 aliphatic rings. The molecule has 30 heavy (non-hydrogen) atoms. The number of benzene rings is 2. The maximum absolute atomic E-state index is 14.0. The molecule has 0 radical (unpaired) electrons. The molecule has 0 spiro atoms. The Hall–Kier alpha value is -2.81. The number of hydrogen-bond acceptors (Lipinski definition) is 4. The first-order chi connectivity index (χ1) is 14.3. The average Bonchev–Trinajstić information content (AvgIpc) is 2.73. The van der Waals surface area contributed by atoms with Crippen LogP contribution in [-0.4, -0.2) is 29.4 Å². The Labute approximate surface area is 175 Å². The minimum atomic E-state index is -1.12. The van der Waals surface area contributed by atoms with E-state index in [9.17, 15) is 18.4 Å². The van der Waals surface area contributed by atoms with E-state index in [0.29, 0.717) is 21.8 Å². The number of aromatic nitrogens is 1. The van der Waals surface area contributed by atoms with Crippen LogP contribution in [0.1, 0.15) is 28.9 Å². The molecule has 0 saturated heterocycles. The first kappa shape index (κ1) is 20.5. The summed E-state index contributed by atoms with van der Waals surface area (Å²) in [4.78, 5) is 29.5. The van der Waals surface area contributed by atoms with Crippen LogP contribution >= 0.6 is 11.6 Å². The maximum Gasteiger partial charge on any atom is 0.256 e. The molecule has 0 bridgehead atoms. The number of ether oxygens (including phenoxy) is 1. The van der Waals surface area contributed by atoms with Gasteiger partial charge in [0.25, 0.3) is 5.56 Å². The number of nitrogens with zero attached hydrogens (tertiary/aromatic N) is 1. The van der Waals surface area contributed by atoms with Crippen molar-refractivity contribution in [2.24, 2.45) is 5.73 Å². The van der Waals surface area contributed by atoms with Gasteiger partial charge in [0.1, 0.15) is 6.04 Å². The lowest BCUT2D eigenvalue weighted by molar-refractivity contribution is -0.135. The summed E-state index contributed by atoms with van der Waals surface area (Å²) in [6.07, 6.45) is 0. The lowest BCUT2D eigenvalue weighted by Gasteiger charge is -2.35. The molecule has 2 heterocycles. The number of H-pyrrole nitrogens is 1. The Morgan fingerprint density at radius 3 is 2.53 bits per heavy atom. The highest BCUT2D eigenvalue weighted by atomic mass is 35.5. The van der Waals surface area contributed by atoms with E-state index in [2.05, 4.69) is 4.98 Å². The fourth-order valence-corrected chi connectivity index (χ4v) is 3.86. The first-order valence-electron chi connectivity index (χ1n) is 9.17. The summed E-state index contributed by atoms with van der Waals surface area (Å²) in [5, 5.41) is 0.758. The second-order valence-electron chi connectivity index (χ2n) is 7.17. The Morgan fingerprint density at radius 2 is 1.87 bits per heavy atom. The van der Waals surface area contributed by atoms with Crippen LogP contribution in [0.5, 0.6) is 0 Å². The number of likely N-dealkylation sites (N-methyl/N-ethyl adjacent to an activating group) is 1. The van der Waals surface area contributed by atoms with E-state index in [1.807, 2.05) is 0 Å². The molecular weight excluding hydrogens is 416 g/mol. The maximum atomic E-state index is 14.0. The summed E-state index contributed by atoms with van der Waals surface area (Å²) in [7, 11) is 1.55. The third-order valence-corrected chi connectivity index (χ3v) is 5.60. The van der Waals surface area contributed by atoms with Crippen molar-refractivity contribution < 1.29 is 18.3 Å². The van der Waals surface area contributed by atoms with Crippen molar-refractivity contribution in [3.63, 3.8) is 0 Å². The quantitative estimate of drug-likeness (QED) is 0.664. The molecule has 1 aliphatic heterocycles. The lowest BCUT2D eigenvalue weighted by atomic mass is 9.94. The summed E-state index contributed by atoms with van der Waals surface area (Å²) < 4.78 is 33.3. The zero-order valence-electron chi connectivity index (χ0n) is 15.9. The topological polar surface area (TPSA) is 88.4 Å². The highest BCUT2D eigenvalue weighted by Gasteiger charge is 2.33. The van der Waals surface area contributed by atoms with Gasteiger partial charge < -0.3 is 20.4 Å². The number of nitrogens with two attached hydrogens (primary N) is 1. The molecule has 1 amide bonds.